The quantitative estimate of drug-likeness (QED) is 0.632. The predicted octanol–water partition coefficient (Wildman–Crippen LogP) is 1.77. The molecular weight excluding hydrogens is 314 g/mol. The monoisotopic (exact) mass is 335 g/mol. The molecule has 3 amide bonds. The van der Waals surface area contributed by atoms with Crippen LogP contribution in [0.15, 0.2) is 17.2 Å². The van der Waals surface area contributed by atoms with Gasteiger partial charge in [-0.2, -0.15) is 5.10 Å². The van der Waals surface area contributed by atoms with E-state index in [9.17, 15) is 9.59 Å². The summed E-state index contributed by atoms with van der Waals surface area (Å²) in [6.07, 6.45) is 1.85. The Balaban J connectivity index is 2.35. The number of rotatable bonds is 6. The van der Waals surface area contributed by atoms with Crippen molar-refractivity contribution >= 4 is 18.2 Å². The van der Waals surface area contributed by atoms with Gasteiger partial charge in [0.15, 0.2) is 11.5 Å². The maximum Gasteiger partial charge on any atom is 0.346 e. The van der Waals surface area contributed by atoms with E-state index in [-0.39, 0.29) is 0 Å². The molecule has 1 N–H and O–H groups in total. The lowest BCUT2D eigenvalue weighted by Gasteiger charge is -2.17. The second-order valence-electron chi connectivity index (χ2n) is 5.43. The number of nitrogens with one attached hydrogen (secondary N) is 1. The molecule has 8 heteroatoms. The zero-order chi connectivity index (χ0) is 17.9. The molecule has 1 heterocycles. The molecule has 0 aliphatic carbocycles. The van der Waals surface area contributed by atoms with Crippen LogP contribution in [0, 0.1) is 0 Å². The molecule has 1 atom stereocenters. The molecule has 8 nitrogen and oxygen atoms in total. The Morgan fingerprint density at radius 3 is 2.21 bits per heavy atom. The third kappa shape index (κ3) is 2.99. The summed E-state index contributed by atoms with van der Waals surface area (Å²) in [6, 6.07) is 2.74. The first kappa shape index (κ1) is 17.6. The molecule has 1 aromatic rings. The Morgan fingerprint density at radius 1 is 1.12 bits per heavy atom. The fraction of sp³-hybridized carbons (Fsp3) is 0.438. The number of benzene rings is 1. The standard InChI is InChI=1S/C16H21N3O5/c1-6-16(2)14(20)19(15(21)18-16)17-9-10-7-12(23-4)13(24-5)8-11(10)22-3/h7-9H,6H2,1-5H3,(H,18,21). The Kier molecular flexibility index (Phi) is 4.96. The molecule has 2 rings (SSSR count). The average molecular weight is 335 g/mol. The van der Waals surface area contributed by atoms with E-state index in [1.165, 1.54) is 27.5 Å². The van der Waals surface area contributed by atoms with Crippen molar-refractivity contribution in [2.45, 2.75) is 25.8 Å². The molecule has 1 aliphatic heterocycles. The number of nitrogens with zero attached hydrogens (tertiary/aromatic N) is 2. The molecule has 0 aromatic heterocycles. The SMILES string of the molecule is CCC1(C)NC(=O)N(N=Cc2cc(OC)c(OC)cc2OC)C1=O. The number of amides is 3. The van der Waals surface area contributed by atoms with Crippen molar-refractivity contribution in [1.29, 1.82) is 0 Å². The second kappa shape index (κ2) is 6.77. The number of carbonyl (C=O) groups excluding carboxylic acids is 2. The minimum Gasteiger partial charge on any atom is -0.496 e. The van der Waals surface area contributed by atoms with Crippen molar-refractivity contribution < 1.29 is 23.8 Å². The third-order valence-electron chi connectivity index (χ3n) is 3.99. The highest BCUT2D eigenvalue weighted by atomic mass is 16.5. The number of imide groups is 1. The van der Waals surface area contributed by atoms with Crippen molar-refractivity contribution in [2.24, 2.45) is 5.10 Å². The van der Waals surface area contributed by atoms with Crippen LogP contribution < -0.4 is 19.5 Å². The molecular formula is C16H21N3O5. The zero-order valence-corrected chi connectivity index (χ0v) is 14.4. The smallest absolute Gasteiger partial charge is 0.346 e. The largest absolute Gasteiger partial charge is 0.496 e. The first-order valence-electron chi connectivity index (χ1n) is 7.40. The van der Waals surface area contributed by atoms with E-state index in [1.807, 2.05) is 6.92 Å². The predicted molar refractivity (Wildman–Crippen MR) is 87.8 cm³/mol. The van der Waals surface area contributed by atoms with Gasteiger partial charge in [0.25, 0.3) is 5.91 Å². The van der Waals surface area contributed by atoms with Gasteiger partial charge in [-0.1, -0.05) is 6.92 Å². The first-order chi connectivity index (χ1) is 11.4. The molecule has 0 bridgehead atoms. The van der Waals surface area contributed by atoms with E-state index in [1.54, 1.807) is 19.1 Å². The molecule has 0 spiro atoms. The summed E-state index contributed by atoms with van der Waals surface area (Å²) in [5.74, 6) is 1.06. The van der Waals surface area contributed by atoms with E-state index in [2.05, 4.69) is 10.4 Å². The van der Waals surface area contributed by atoms with Crippen LogP contribution in [0.5, 0.6) is 17.2 Å². The number of carbonyl (C=O) groups is 2. The summed E-state index contributed by atoms with van der Waals surface area (Å²) in [6.45, 7) is 3.49. The summed E-state index contributed by atoms with van der Waals surface area (Å²) in [5, 5.41) is 7.46. The van der Waals surface area contributed by atoms with Crippen molar-refractivity contribution in [3.8, 4) is 17.2 Å². The van der Waals surface area contributed by atoms with Crippen molar-refractivity contribution in [1.82, 2.24) is 10.3 Å². The number of hydrazone groups is 1. The Morgan fingerprint density at radius 2 is 1.71 bits per heavy atom. The van der Waals surface area contributed by atoms with E-state index >= 15 is 0 Å². The number of ether oxygens (including phenoxy) is 3. The Hall–Kier alpha value is -2.77. The molecule has 1 saturated heterocycles. The van der Waals surface area contributed by atoms with E-state index in [4.69, 9.17) is 14.2 Å². The van der Waals surface area contributed by atoms with Gasteiger partial charge >= 0.3 is 6.03 Å². The molecule has 24 heavy (non-hydrogen) atoms. The minimum absolute atomic E-state index is 0.398. The van der Waals surface area contributed by atoms with Crippen LogP contribution in [0.2, 0.25) is 0 Å². The number of hydrogen-bond acceptors (Lipinski definition) is 6. The molecule has 1 aliphatic rings. The highest BCUT2D eigenvalue weighted by Crippen LogP contribution is 2.34. The maximum atomic E-state index is 12.3. The fourth-order valence-corrected chi connectivity index (χ4v) is 2.29. The lowest BCUT2D eigenvalue weighted by atomic mass is 10.00. The van der Waals surface area contributed by atoms with Gasteiger partial charge in [-0.25, -0.2) is 4.79 Å². The lowest BCUT2D eigenvalue weighted by molar-refractivity contribution is -0.130. The number of methoxy groups -OCH3 is 3. The summed E-state index contributed by atoms with van der Waals surface area (Å²) in [4.78, 5) is 24.3. The third-order valence-corrected chi connectivity index (χ3v) is 3.99. The van der Waals surface area contributed by atoms with Gasteiger partial charge in [0.2, 0.25) is 0 Å². The molecule has 0 saturated carbocycles. The summed E-state index contributed by atoms with van der Waals surface area (Å²) >= 11 is 0. The van der Waals surface area contributed by atoms with E-state index < -0.39 is 17.5 Å². The molecule has 1 aromatic carbocycles. The van der Waals surface area contributed by atoms with E-state index in [0.717, 1.165) is 5.01 Å². The number of urea groups is 1. The highest BCUT2D eigenvalue weighted by Gasteiger charge is 2.46. The fourth-order valence-electron chi connectivity index (χ4n) is 2.29. The van der Waals surface area contributed by atoms with E-state index in [0.29, 0.717) is 29.2 Å². The summed E-state index contributed by atoms with van der Waals surface area (Å²) in [7, 11) is 4.53. The second-order valence-corrected chi connectivity index (χ2v) is 5.43. The topological polar surface area (TPSA) is 89.5 Å². The molecule has 0 radical (unpaired) electrons. The molecule has 1 fully saturated rings. The molecule has 1 unspecified atom stereocenters. The normalized spacial score (nSPS) is 20.5. The van der Waals surface area contributed by atoms with Gasteiger partial charge < -0.3 is 19.5 Å². The van der Waals surface area contributed by atoms with Crippen LogP contribution in [0.1, 0.15) is 25.8 Å². The van der Waals surface area contributed by atoms with Crippen LogP contribution in [0.3, 0.4) is 0 Å². The van der Waals surface area contributed by atoms with Gasteiger partial charge in [-0.3, -0.25) is 4.79 Å². The van der Waals surface area contributed by atoms with Gasteiger partial charge in [0, 0.05) is 11.6 Å². The van der Waals surface area contributed by atoms with Crippen molar-refractivity contribution in [2.75, 3.05) is 21.3 Å². The van der Waals surface area contributed by atoms with Crippen LogP contribution in [0.25, 0.3) is 0 Å². The van der Waals surface area contributed by atoms with Crippen molar-refractivity contribution in [3.63, 3.8) is 0 Å². The summed E-state index contributed by atoms with van der Waals surface area (Å²) in [5.41, 5.74) is -0.392. The van der Waals surface area contributed by atoms with Gasteiger partial charge in [-0.05, 0) is 19.4 Å². The maximum absolute atomic E-state index is 12.3. The van der Waals surface area contributed by atoms with Crippen LogP contribution in [-0.2, 0) is 4.79 Å². The average Bonchev–Trinajstić information content (AvgIpc) is 2.81. The van der Waals surface area contributed by atoms with Crippen molar-refractivity contribution in [3.05, 3.63) is 17.7 Å². The zero-order valence-electron chi connectivity index (χ0n) is 14.4. The lowest BCUT2D eigenvalue weighted by Crippen LogP contribution is -2.42. The van der Waals surface area contributed by atoms with Gasteiger partial charge in [0.1, 0.15) is 11.3 Å². The van der Waals surface area contributed by atoms with Crippen LogP contribution in [-0.4, -0.2) is 50.0 Å². The number of hydrogen-bond donors (Lipinski definition) is 1. The first-order valence-corrected chi connectivity index (χ1v) is 7.40. The van der Waals surface area contributed by atoms with Gasteiger partial charge in [0.05, 0.1) is 27.5 Å². The highest BCUT2D eigenvalue weighted by molar-refractivity contribution is 6.07. The van der Waals surface area contributed by atoms with Crippen LogP contribution >= 0.6 is 0 Å². The van der Waals surface area contributed by atoms with Gasteiger partial charge in [-0.15, -0.1) is 5.01 Å². The minimum atomic E-state index is -0.934. The summed E-state index contributed by atoms with van der Waals surface area (Å²) < 4.78 is 15.7. The Bertz CT molecular complexity index is 689. The molecule has 130 valence electrons. The van der Waals surface area contributed by atoms with Crippen LogP contribution in [0.4, 0.5) is 4.79 Å². The Labute approximate surface area is 140 Å².